The molecule has 3 heteroatoms. The van der Waals surface area contributed by atoms with Gasteiger partial charge in [0.15, 0.2) is 0 Å². The van der Waals surface area contributed by atoms with Crippen molar-refractivity contribution in [1.82, 2.24) is 4.57 Å². The van der Waals surface area contributed by atoms with Crippen LogP contribution in [0.2, 0.25) is 0 Å². The van der Waals surface area contributed by atoms with Crippen LogP contribution in [0.3, 0.4) is 0 Å². The van der Waals surface area contributed by atoms with E-state index >= 15 is 0 Å². The van der Waals surface area contributed by atoms with Crippen molar-refractivity contribution in [3.63, 3.8) is 0 Å². The normalized spacial score (nSPS) is 11.1. The van der Waals surface area contributed by atoms with Gasteiger partial charge in [0, 0.05) is 16.5 Å². The molecule has 0 aliphatic rings. The molecule has 0 saturated heterocycles. The van der Waals surface area contributed by atoms with Gasteiger partial charge in [-0.3, -0.25) is 5.01 Å². The number of fused-ring (bicyclic) bond motifs is 3. The largest absolute Gasteiger partial charge is 0.309 e. The molecule has 3 nitrogen and oxygen atoms in total. The van der Waals surface area contributed by atoms with Crippen LogP contribution in [0.1, 0.15) is 5.56 Å². The van der Waals surface area contributed by atoms with Gasteiger partial charge in [-0.1, -0.05) is 91.5 Å². The van der Waals surface area contributed by atoms with Gasteiger partial charge < -0.3 is 4.57 Å². The van der Waals surface area contributed by atoms with Crippen molar-refractivity contribution in [2.24, 2.45) is 5.84 Å². The smallest absolute Gasteiger partial charge is 0.0668 e. The maximum Gasteiger partial charge on any atom is 0.0668 e. The molecule has 0 aliphatic carbocycles. The van der Waals surface area contributed by atoms with Crippen LogP contribution in [0.5, 0.6) is 0 Å². The van der Waals surface area contributed by atoms with Gasteiger partial charge in [-0.25, -0.2) is 5.84 Å². The lowest BCUT2D eigenvalue weighted by atomic mass is 10.0. The van der Waals surface area contributed by atoms with E-state index in [-0.39, 0.29) is 0 Å². The molecule has 1 aromatic heterocycles. The van der Waals surface area contributed by atoms with Crippen molar-refractivity contribution in [3.8, 4) is 16.8 Å². The highest BCUT2D eigenvalue weighted by Gasteiger charge is 2.18. The molecular weight excluding hydrogens is 426 g/mol. The van der Waals surface area contributed by atoms with Gasteiger partial charge in [-0.2, -0.15) is 0 Å². The molecule has 35 heavy (non-hydrogen) atoms. The number of aromatic nitrogens is 1. The zero-order valence-corrected chi connectivity index (χ0v) is 19.3. The van der Waals surface area contributed by atoms with E-state index in [4.69, 9.17) is 5.84 Å². The van der Waals surface area contributed by atoms with Gasteiger partial charge in [-0.15, -0.1) is 0 Å². The fourth-order valence-corrected chi connectivity index (χ4v) is 4.83. The molecule has 0 atom stereocenters. The van der Waals surface area contributed by atoms with Crippen LogP contribution < -0.4 is 10.9 Å². The van der Waals surface area contributed by atoms with Crippen LogP contribution in [-0.4, -0.2) is 4.57 Å². The molecule has 0 spiro atoms. The summed E-state index contributed by atoms with van der Waals surface area (Å²) in [5.41, 5.74) is 8.56. The molecule has 0 amide bonds. The molecule has 2 N–H and O–H groups in total. The van der Waals surface area contributed by atoms with E-state index in [1.54, 1.807) is 5.01 Å². The highest BCUT2D eigenvalue weighted by Crippen LogP contribution is 2.39. The van der Waals surface area contributed by atoms with E-state index in [0.717, 1.165) is 33.7 Å². The average molecular weight is 452 g/mol. The first-order chi connectivity index (χ1) is 17.2. The maximum absolute atomic E-state index is 6.64. The predicted molar refractivity (Wildman–Crippen MR) is 149 cm³/mol. The van der Waals surface area contributed by atoms with Gasteiger partial charge in [0.2, 0.25) is 0 Å². The van der Waals surface area contributed by atoms with Crippen molar-refractivity contribution < 1.29 is 0 Å². The Bertz CT molecular complexity index is 1650. The minimum Gasteiger partial charge on any atom is -0.309 e. The van der Waals surface area contributed by atoms with E-state index < -0.39 is 0 Å². The van der Waals surface area contributed by atoms with Crippen LogP contribution >= 0.6 is 0 Å². The van der Waals surface area contributed by atoms with Gasteiger partial charge in [-0.05, 0) is 59.2 Å². The van der Waals surface area contributed by atoms with Crippen LogP contribution in [0, 0.1) is 0 Å². The summed E-state index contributed by atoms with van der Waals surface area (Å²) < 4.78 is 2.33. The first-order valence-corrected chi connectivity index (χ1v) is 11.7. The average Bonchev–Trinajstić information content (AvgIpc) is 3.25. The fraction of sp³-hybridized carbons (Fsp3) is 0. The molecular formula is C32H25N3. The zero-order valence-electron chi connectivity index (χ0n) is 19.3. The standard InChI is InChI=1S/C32H25N3/c1-2-23-20-29-28-19-18-25(24-12-6-3-7-13-24)21-31(28)34(26-14-8-4-9-15-26)32(29)22-30(23)35(33)27-16-10-5-11-17-27/h2-22H,1,33H2. The number of nitrogens with two attached hydrogens (primary N) is 1. The lowest BCUT2D eigenvalue weighted by Crippen LogP contribution is -2.25. The third-order valence-electron chi connectivity index (χ3n) is 6.55. The second-order valence-electron chi connectivity index (χ2n) is 8.61. The molecule has 6 aromatic rings. The second-order valence-corrected chi connectivity index (χ2v) is 8.61. The molecule has 0 bridgehead atoms. The number of benzene rings is 5. The second kappa shape index (κ2) is 8.64. The van der Waals surface area contributed by atoms with Gasteiger partial charge >= 0.3 is 0 Å². The Balaban J connectivity index is 1.67. The van der Waals surface area contributed by atoms with Gasteiger partial charge in [0.25, 0.3) is 0 Å². The molecule has 0 aliphatic heterocycles. The van der Waals surface area contributed by atoms with Crippen LogP contribution in [-0.2, 0) is 0 Å². The third kappa shape index (κ3) is 3.59. The highest BCUT2D eigenvalue weighted by atomic mass is 15.4. The topological polar surface area (TPSA) is 34.2 Å². The SMILES string of the molecule is C=Cc1cc2c3ccc(-c4ccccc4)cc3n(-c3ccccc3)c2cc1N(N)c1ccccc1. The monoisotopic (exact) mass is 451 g/mol. The number of hydrogen-bond acceptors (Lipinski definition) is 2. The zero-order chi connectivity index (χ0) is 23.8. The van der Waals surface area contributed by atoms with Gasteiger partial charge in [0.05, 0.1) is 22.4 Å². The van der Waals surface area contributed by atoms with E-state index in [9.17, 15) is 0 Å². The third-order valence-corrected chi connectivity index (χ3v) is 6.55. The summed E-state index contributed by atoms with van der Waals surface area (Å²) in [6.45, 7) is 4.08. The Morgan fingerprint density at radius 2 is 1.26 bits per heavy atom. The molecule has 0 fully saturated rings. The van der Waals surface area contributed by atoms with Crippen LogP contribution in [0.15, 0.2) is 128 Å². The summed E-state index contributed by atoms with van der Waals surface area (Å²) in [7, 11) is 0. The van der Waals surface area contributed by atoms with E-state index in [1.807, 2.05) is 48.5 Å². The Labute approximate surface area is 204 Å². The number of hydrogen-bond donors (Lipinski definition) is 1. The molecule has 168 valence electrons. The Hall–Kier alpha value is -4.60. The van der Waals surface area contributed by atoms with Crippen molar-refractivity contribution in [2.75, 3.05) is 5.01 Å². The summed E-state index contributed by atoms with van der Waals surface area (Å²) in [5, 5.41) is 4.10. The Morgan fingerprint density at radius 3 is 1.94 bits per heavy atom. The van der Waals surface area contributed by atoms with E-state index in [1.165, 1.54) is 21.9 Å². The predicted octanol–water partition coefficient (Wildman–Crippen LogP) is 8.11. The number of nitrogens with zero attached hydrogens (tertiary/aromatic N) is 2. The van der Waals surface area contributed by atoms with E-state index in [0.29, 0.717) is 0 Å². The molecule has 0 unspecified atom stereocenters. The van der Waals surface area contributed by atoms with Crippen molar-refractivity contribution in [2.45, 2.75) is 0 Å². The Kier molecular flexibility index (Phi) is 5.17. The lowest BCUT2D eigenvalue weighted by Gasteiger charge is -2.21. The fourth-order valence-electron chi connectivity index (χ4n) is 4.83. The summed E-state index contributed by atoms with van der Waals surface area (Å²) in [4.78, 5) is 0. The van der Waals surface area contributed by atoms with Crippen molar-refractivity contribution in [1.29, 1.82) is 0 Å². The number of hydrazine groups is 1. The van der Waals surface area contributed by atoms with Crippen molar-refractivity contribution >= 4 is 39.3 Å². The van der Waals surface area contributed by atoms with Crippen molar-refractivity contribution in [3.05, 3.63) is 133 Å². The molecule has 6 rings (SSSR count). The van der Waals surface area contributed by atoms with Crippen LogP contribution in [0.4, 0.5) is 11.4 Å². The lowest BCUT2D eigenvalue weighted by molar-refractivity contribution is 1.08. The minimum atomic E-state index is 0.905. The minimum absolute atomic E-state index is 0.905. The summed E-state index contributed by atoms with van der Waals surface area (Å²) in [5.74, 6) is 6.64. The molecule has 1 heterocycles. The number of rotatable bonds is 5. The van der Waals surface area contributed by atoms with Crippen LogP contribution in [0.25, 0.3) is 44.7 Å². The number of anilines is 2. The summed E-state index contributed by atoms with van der Waals surface area (Å²) in [6, 6.07) is 42.1. The molecule has 0 radical (unpaired) electrons. The first kappa shape index (κ1) is 21.0. The Morgan fingerprint density at radius 1 is 0.629 bits per heavy atom. The highest BCUT2D eigenvalue weighted by molar-refractivity contribution is 6.12. The molecule has 5 aromatic carbocycles. The summed E-state index contributed by atoms with van der Waals surface area (Å²) in [6.07, 6.45) is 1.88. The molecule has 0 saturated carbocycles. The van der Waals surface area contributed by atoms with Gasteiger partial charge in [0.1, 0.15) is 0 Å². The summed E-state index contributed by atoms with van der Waals surface area (Å²) >= 11 is 0. The first-order valence-electron chi connectivity index (χ1n) is 11.7. The quantitative estimate of drug-likeness (QED) is 0.212. The van der Waals surface area contributed by atoms with E-state index in [2.05, 4.69) is 90.0 Å². The maximum atomic E-state index is 6.64. The number of para-hydroxylation sites is 2.